The van der Waals surface area contributed by atoms with E-state index in [1.807, 2.05) is 24.3 Å². The molecule has 8 heteroatoms. The molecule has 0 amide bonds. The van der Waals surface area contributed by atoms with E-state index in [1.54, 1.807) is 12.3 Å². The van der Waals surface area contributed by atoms with Crippen LogP contribution in [0.3, 0.4) is 0 Å². The molecule has 124 valence electrons. The van der Waals surface area contributed by atoms with Crippen LogP contribution in [0.15, 0.2) is 65.7 Å². The topological polar surface area (TPSA) is 72.2 Å². The van der Waals surface area contributed by atoms with Crippen LogP contribution >= 0.6 is 11.3 Å². The van der Waals surface area contributed by atoms with Crippen molar-refractivity contribution in [3.8, 4) is 0 Å². The molecule has 0 spiro atoms. The first kappa shape index (κ1) is 15.4. The highest BCUT2D eigenvalue weighted by Crippen LogP contribution is 2.27. The van der Waals surface area contributed by atoms with Gasteiger partial charge in [-0.05, 0) is 29.8 Å². The van der Waals surface area contributed by atoms with E-state index in [0.29, 0.717) is 21.3 Å². The van der Waals surface area contributed by atoms with Gasteiger partial charge in [-0.25, -0.2) is 9.37 Å². The van der Waals surface area contributed by atoms with Gasteiger partial charge in [0.05, 0.1) is 11.7 Å². The van der Waals surface area contributed by atoms with Crippen LogP contribution in [-0.2, 0) is 0 Å². The number of anilines is 1. The van der Waals surface area contributed by atoms with Gasteiger partial charge in [0, 0.05) is 18.5 Å². The van der Waals surface area contributed by atoms with Crippen LogP contribution in [0.25, 0.3) is 4.96 Å². The molecule has 0 bridgehead atoms. The molecule has 1 aromatic carbocycles. The van der Waals surface area contributed by atoms with E-state index in [9.17, 15) is 9.18 Å². The molecular formula is C17H12FN5OS. The summed E-state index contributed by atoms with van der Waals surface area (Å²) in [7, 11) is 0. The molecule has 3 heterocycles. The summed E-state index contributed by atoms with van der Waals surface area (Å²) < 4.78 is 14.9. The molecule has 1 atom stereocenters. The number of hydrogen-bond donors (Lipinski definition) is 1. The van der Waals surface area contributed by atoms with Gasteiger partial charge in [0.1, 0.15) is 5.82 Å². The quantitative estimate of drug-likeness (QED) is 0.611. The molecule has 0 fully saturated rings. The van der Waals surface area contributed by atoms with Crippen molar-refractivity contribution in [1.82, 2.24) is 19.6 Å². The molecule has 0 aliphatic rings. The Balaban J connectivity index is 1.77. The fraction of sp³-hybridized carbons (Fsp3) is 0.0588. The predicted molar refractivity (Wildman–Crippen MR) is 93.2 cm³/mol. The SMILES string of the molecule is O=c1ccnc2sc(NC(c3cccc(F)c3)c3ccccn3)nn12. The number of halogens is 1. The summed E-state index contributed by atoms with van der Waals surface area (Å²) in [6.45, 7) is 0. The lowest BCUT2D eigenvalue weighted by Gasteiger charge is -2.18. The Kier molecular flexibility index (Phi) is 3.95. The fourth-order valence-corrected chi connectivity index (χ4v) is 3.29. The highest BCUT2D eigenvalue weighted by atomic mass is 32.1. The van der Waals surface area contributed by atoms with Crippen LogP contribution in [0.1, 0.15) is 17.3 Å². The first-order chi connectivity index (χ1) is 12.2. The predicted octanol–water partition coefficient (Wildman–Crippen LogP) is 2.89. The van der Waals surface area contributed by atoms with E-state index in [-0.39, 0.29) is 11.4 Å². The Morgan fingerprint density at radius 3 is 2.76 bits per heavy atom. The van der Waals surface area contributed by atoms with Crippen LogP contribution in [0, 0.1) is 5.82 Å². The van der Waals surface area contributed by atoms with Gasteiger partial charge in [-0.1, -0.05) is 29.5 Å². The monoisotopic (exact) mass is 353 g/mol. The first-order valence-electron chi connectivity index (χ1n) is 7.48. The van der Waals surface area contributed by atoms with Gasteiger partial charge in [-0.2, -0.15) is 4.52 Å². The van der Waals surface area contributed by atoms with Crippen molar-refractivity contribution in [1.29, 1.82) is 0 Å². The minimum absolute atomic E-state index is 0.255. The summed E-state index contributed by atoms with van der Waals surface area (Å²) in [6.07, 6.45) is 3.12. The molecule has 6 nitrogen and oxygen atoms in total. The maximum Gasteiger partial charge on any atom is 0.275 e. The lowest BCUT2D eigenvalue weighted by Crippen LogP contribution is -2.16. The molecule has 4 aromatic rings. The molecule has 25 heavy (non-hydrogen) atoms. The fourth-order valence-electron chi connectivity index (χ4n) is 2.49. The van der Waals surface area contributed by atoms with E-state index < -0.39 is 6.04 Å². The van der Waals surface area contributed by atoms with Crippen molar-refractivity contribution in [2.45, 2.75) is 6.04 Å². The maximum absolute atomic E-state index is 13.7. The van der Waals surface area contributed by atoms with E-state index in [0.717, 1.165) is 0 Å². The molecule has 1 N–H and O–H groups in total. The summed E-state index contributed by atoms with van der Waals surface area (Å²) in [5.74, 6) is -0.331. The minimum atomic E-state index is -0.409. The third-order valence-electron chi connectivity index (χ3n) is 3.60. The summed E-state index contributed by atoms with van der Waals surface area (Å²) in [5, 5.41) is 7.98. The van der Waals surface area contributed by atoms with Gasteiger partial charge < -0.3 is 5.32 Å². The van der Waals surface area contributed by atoms with E-state index in [4.69, 9.17) is 0 Å². The van der Waals surface area contributed by atoms with Crippen LogP contribution < -0.4 is 10.9 Å². The second-order valence-corrected chi connectivity index (χ2v) is 6.23. The average molecular weight is 353 g/mol. The summed E-state index contributed by atoms with van der Waals surface area (Å²) in [5.41, 5.74) is 1.17. The van der Waals surface area contributed by atoms with Crippen LogP contribution in [0.5, 0.6) is 0 Å². The van der Waals surface area contributed by atoms with Crippen LogP contribution in [-0.4, -0.2) is 19.6 Å². The van der Waals surface area contributed by atoms with Crippen molar-refractivity contribution in [3.05, 3.63) is 88.4 Å². The van der Waals surface area contributed by atoms with Crippen molar-refractivity contribution in [2.24, 2.45) is 0 Å². The Labute approximate surface area is 145 Å². The largest absolute Gasteiger partial charge is 0.348 e. The van der Waals surface area contributed by atoms with Gasteiger partial charge in [0.2, 0.25) is 10.1 Å². The number of aromatic nitrogens is 4. The van der Waals surface area contributed by atoms with Gasteiger partial charge in [0.15, 0.2) is 0 Å². The average Bonchev–Trinajstić information content (AvgIpc) is 3.05. The normalized spacial score (nSPS) is 12.2. The number of nitrogens with zero attached hydrogens (tertiary/aromatic N) is 4. The van der Waals surface area contributed by atoms with Crippen molar-refractivity contribution in [3.63, 3.8) is 0 Å². The number of fused-ring (bicyclic) bond motifs is 1. The number of pyridine rings is 1. The molecule has 1 unspecified atom stereocenters. The summed E-state index contributed by atoms with van der Waals surface area (Å²) in [6, 6.07) is 12.8. The van der Waals surface area contributed by atoms with Crippen molar-refractivity contribution in [2.75, 3.05) is 5.32 Å². The Morgan fingerprint density at radius 1 is 1.08 bits per heavy atom. The first-order valence-corrected chi connectivity index (χ1v) is 8.30. The Hall–Kier alpha value is -3.13. The van der Waals surface area contributed by atoms with E-state index in [1.165, 1.54) is 40.2 Å². The van der Waals surface area contributed by atoms with E-state index >= 15 is 0 Å². The minimum Gasteiger partial charge on any atom is -0.348 e. The Bertz CT molecular complexity index is 1080. The number of rotatable bonds is 4. The van der Waals surface area contributed by atoms with E-state index in [2.05, 4.69) is 20.4 Å². The van der Waals surface area contributed by atoms with Crippen LogP contribution in [0.2, 0.25) is 0 Å². The third-order valence-corrected chi connectivity index (χ3v) is 4.46. The second kappa shape index (κ2) is 6.40. The lowest BCUT2D eigenvalue weighted by molar-refractivity contribution is 0.624. The zero-order valence-corrected chi connectivity index (χ0v) is 13.7. The van der Waals surface area contributed by atoms with Gasteiger partial charge in [-0.3, -0.25) is 9.78 Å². The zero-order valence-electron chi connectivity index (χ0n) is 12.8. The second-order valence-electron chi connectivity index (χ2n) is 5.27. The summed E-state index contributed by atoms with van der Waals surface area (Å²) in [4.78, 5) is 20.8. The molecular weight excluding hydrogens is 341 g/mol. The third kappa shape index (κ3) is 3.11. The highest BCUT2D eigenvalue weighted by molar-refractivity contribution is 7.20. The van der Waals surface area contributed by atoms with Crippen molar-refractivity contribution >= 4 is 21.4 Å². The van der Waals surface area contributed by atoms with Crippen LogP contribution in [0.4, 0.5) is 9.52 Å². The molecule has 0 aliphatic heterocycles. The molecule has 0 aliphatic carbocycles. The van der Waals surface area contributed by atoms with Gasteiger partial charge >= 0.3 is 0 Å². The molecule has 0 radical (unpaired) electrons. The van der Waals surface area contributed by atoms with Crippen molar-refractivity contribution < 1.29 is 4.39 Å². The molecule has 0 saturated heterocycles. The number of nitrogens with one attached hydrogen (secondary N) is 1. The number of benzene rings is 1. The van der Waals surface area contributed by atoms with Gasteiger partial charge in [0.25, 0.3) is 5.56 Å². The molecule has 0 saturated carbocycles. The van der Waals surface area contributed by atoms with Gasteiger partial charge in [-0.15, -0.1) is 5.10 Å². The lowest BCUT2D eigenvalue weighted by atomic mass is 10.0. The number of hydrogen-bond acceptors (Lipinski definition) is 6. The standard InChI is InChI=1S/C17H12FN5OS/c18-12-5-3-4-11(10-12)15(13-6-1-2-8-19-13)21-16-22-23-14(24)7-9-20-17(23)25-16/h1-10,15H,(H,21,22). The molecule has 3 aromatic heterocycles. The highest BCUT2D eigenvalue weighted by Gasteiger charge is 2.18. The summed E-state index contributed by atoms with van der Waals surface area (Å²) >= 11 is 1.24. The zero-order chi connectivity index (χ0) is 17.2. The smallest absolute Gasteiger partial charge is 0.275 e. The Morgan fingerprint density at radius 2 is 2.00 bits per heavy atom. The molecule has 4 rings (SSSR count). The maximum atomic E-state index is 13.7.